The summed E-state index contributed by atoms with van der Waals surface area (Å²) in [6.45, 7) is 9.02. The summed E-state index contributed by atoms with van der Waals surface area (Å²) in [6.07, 6.45) is 2.68. The van der Waals surface area contributed by atoms with Gasteiger partial charge in [-0.05, 0) is 51.8 Å². The van der Waals surface area contributed by atoms with Crippen LogP contribution in [0, 0.1) is 0 Å². The van der Waals surface area contributed by atoms with Crippen molar-refractivity contribution in [3.05, 3.63) is 71.2 Å². The molecule has 2 aromatic heterocycles. The molecular formula is C27H33N3O7. The Morgan fingerprint density at radius 3 is 2.22 bits per heavy atom. The van der Waals surface area contributed by atoms with Crippen LogP contribution in [0.1, 0.15) is 66.6 Å². The lowest BCUT2D eigenvalue weighted by Gasteiger charge is -2.19. The van der Waals surface area contributed by atoms with E-state index in [1.165, 1.54) is 9.13 Å². The summed E-state index contributed by atoms with van der Waals surface area (Å²) in [5, 5.41) is 14.0. The number of aromatic hydroxyl groups is 1. The number of rotatable bonds is 9. The topological polar surface area (TPSA) is 121 Å². The van der Waals surface area contributed by atoms with Crippen molar-refractivity contribution in [2.75, 3.05) is 13.2 Å². The number of carbonyl (C=O) groups excluding carboxylic acids is 3. The highest BCUT2D eigenvalue weighted by atomic mass is 16.6. The molecule has 2 N–H and O–H groups in total. The number of carbonyl (C=O) groups is 3. The molecule has 3 rings (SSSR count). The summed E-state index contributed by atoms with van der Waals surface area (Å²) in [7, 11) is 0. The molecule has 1 aromatic carbocycles. The molecule has 0 unspecified atom stereocenters. The summed E-state index contributed by atoms with van der Waals surface area (Å²) in [6, 6.07) is 10.9. The lowest BCUT2D eigenvalue weighted by molar-refractivity contribution is 0.0470. The minimum absolute atomic E-state index is 0.0703. The first kappa shape index (κ1) is 27.4. The quantitative estimate of drug-likeness (QED) is 0.322. The second-order valence-electron chi connectivity index (χ2n) is 9.19. The van der Waals surface area contributed by atoms with Gasteiger partial charge >= 0.3 is 18.0 Å². The molecule has 3 aromatic rings. The minimum Gasteiger partial charge on any atom is -0.493 e. The van der Waals surface area contributed by atoms with Crippen molar-refractivity contribution in [2.45, 2.75) is 53.3 Å². The van der Waals surface area contributed by atoms with Gasteiger partial charge in [0.25, 0.3) is 0 Å². The number of alkyl carbamates (subject to hydrolysis) is 1. The number of nitrogens with one attached hydrogen (secondary N) is 1. The van der Waals surface area contributed by atoms with Crippen LogP contribution >= 0.6 is 0 Å². The Morgan fingerprint density at radius 2 is 1.59 bits per heavy atom. The SMILES string of the molecule is CCOC(=O)c1c(-n2ccc(CNC(=O)OC(C)(C)C)c2)c(O)n(Cc2ccccc2)c1C(=O)OCC. The average Bonchev–Trinajstić information content (AvgIpc) is 3.40. The lowest BCUT2D eigenvalue weighted by atomic mass is 10.2. The Balaban J connectivity index is 2.07. The van der Waals surface area contributed by atoms with Crippen molar-refractivity contribution >= 4 is 18.0 Å². The number of amides is 1. The molecule has 0 aliphatic heterocycles. The average molecular weight is 512 g/mol. The second-order valence-corrected chi connectivity index (χ2v) is 9.19. The molecular weight excluding hydrogens is 478 g/mol. The van der Waals surface area contributed by atoms with E-state index in [-0.39, 0.29) is 49.1 Å². The maximum atomic E-state index is 13.1. The van der Waals surface area contributed by atoms with E-state index in [2.05, 4.69) is 5.32 Å². The van der Waals surface area contributed by atoms with E-state index in [1.807, 2.05) is 30.3 Å². The highest BCUT2D eigenvalue weighted by Gasteiger charge is 2.34. The smallest absolute Gasteiger partial charge is 0.407 e. The molecule has 0 atom stereocenters. The first-order valence-electron chi connectivity index (χ1n) is 12.0. The molecule has 0 aliphatic carbocycles. The normalized spacial score (nSPS) is 11.2. The van der Waals surface area contributed by atoms with E-state index in [0.29, 0.717) is 5.56 Å². The Labute approximate surface area is 215 Å². The van der Waals surface area contributed by atoms with E-state index < -0.39 is 23.6 Å². The van der Waals surface area contributed by atoms with Gasteiger partial charge in [-0.25, -0.2) is 14.4 Å². The molecule has 0 radical (unpaired) electrons. The van der Waals surface area contributed by atoms with E-state index in [9.17, 15) is 19.5 Å². The third-order valence-corrected chi connectivity index (χ3v) is 5.19. The first-order valence-corrected chi connectivity index (χ1v) is 12.0. The molecule has 0 saturated heterocycles. The molecule has 0 bridgehead atoms. The maximum absolute atomic E-state index is 13.1. The number of hydrogen-bond acceptors (Lipinski definition) is 7. The molecule has 37 heavy (non-hydrogen) atoms. The number of ether oxygens (including phenoxy) is 3. The highest BCUT2D eigenvalue weighted by molar-refractivity contribution is 6.06. The molecule has 0 spiro atoms. The van der Waals surface area contributed by atoms with Gasteiger partial charge in [-0.15, -0.1) is 0 Å². The number of esters is 2. The summed E-state index contributed by atoms with van der Waals surface area (Å²) >= 11 is 0. The van der Waals surface area contributed by atoms with Crippen molar-refractivity contribution in [3.8, 4) is 11.6 Å². The van der Waals surface area contributed by atoms with Crippen LogP contribution in [-0.2, 0) is 27.3 Å². The van der Waals surface area contributed by atoms with Crippen LogP contribution in [0.5, 0.6) is 5.88 Å². The van der Waals surface area contributed by atoms with Gasteiger partial charge < -0.3 is 29.2 Å². The summed E-state index contributed by atoms with van der Waals surface area (Å²) in [5.41, 5.74) is 0.681. The van der Waals surface area contributed by atoms with Gasteiger partial charge in [0, 0.05) is 18.9 Å². The molecule has 1 amide bonds. The van der Waals surface area contributed by atoms with Gasteiger partial charge in [0.05, 0.1) is 19.8 Å². The summed E-state index contributed by atoms with van der Waals surface area (Å²) < 4.78 is 18.6. The molecule has 198 valence electrons. The third-order valence-electron chi connectivity index (χ3n) is 5.19. The van der Waals surface area contributed by atoms with Gasteiger partial charge in [0.2, 0.25) is 5.88 Å². The zero-order chi connectivity index (χ0) is 27.2. The second kappa shape index (κ2) is 11.7. The fraction of sp³-hybridized carbons (Fsp3) is 0.370. The van der Waals surface area contributed by atoms with Gasteiger partial charge in [-0.2, -0.15) is 0 Å². The molecule has 10 heteroatoms. The molecule has 0 fully saturated rings. The van der Waals surface area contributed by atoms with Crippen LogP contribution in [0.3, 0.4) is 0 Å². The van der Waals surface area contributed by atoms with Crippen molar-refractivity contribution in [3.63, 3.8) is 0 Å². The maximum Gasteiger partial charge on any atom is 0.407 e. The standard InChI is InChI=1S/C27H33N3O7/c1-6-35-24(32)20-21(29-14-13-19(16-29)15-28-26(34)37-27(3,4)5)23(31)30(22(20)25(33)36-7-2)17-18-11-9-8-10-12-18/h8-14,16,31H,6-7,15,17H2,1-5H3,(H,28,34). The highest BCUT2D eigenvalue weighted by Crippen LogP contribution is 2.35. The van der Waals surface area contributed by atoms with Crippen LogP contribution in [-0.4, -0.2) is 51.1 Å². The van der Waals surface area contributed by atoms with Crippen molar-refractivity contribution < 1.29 is 33.7 Å². The van der Waals surface area contributed by atoms with Crippen molar-refractivity contribution in [1.29, 1.82) is 0 Å². The fourth-order valence-corrected chi connectivity index (χ4v) is 3.74. The van der Waals surface area contributed by atoms with Crippen LogP contribution in [0.2, 0.25) is 0 Å². The molecule has 10 nitrogen and oxygen atoms in total. The Morgan fingerprint density at radius 1 is 0.946 bits per heavy atom. The summed E-state index contributed by atoms with van der Waals surface area (Å²) in [4.78, 5) is 38.2. The molecule has 0 saturated carbocycles. The van der Waals surface area contributed by atoms with Gasteiger partial charge in [0.1, 0.15) is 22.5 Å². The van der Waals surface area contributed by atoms with E-state index in [0.717, 1.165) is 5.56 Å². The monoisotopic (exact) mass is 511 g/mol. The fourth-order valence-electron chi connectivity index (χ4n) is 3.74. The first-order chi connectivity index (χ1) is 17.6. The predicted molar refractivity (Wildman–Crippen MR) is 136 cm³/mol. The van der Waals surface area contributed by atoms with Crippen molar-refractivity contribution in [1.82, 2.24) is 14.5 Å². The lowest BCUT2D eigenvalue weighted by Crippen LogP contribution is -2.32. The van der Waals surface area contributed by atoms with Gasteiger partial charge in [-0.1, -0.05) is 30.3 Å². The van der Waals surface area contributed by atoms with Crippen LogP contribution in [0.25, 0.3) is 5.69 Å². The van der Waals surface area contributed by atoms with Gasteiger partial charge in [0.15, 0.2) is 0 Å². The summed E-state index contributed by atoms with van der Waals surface area (Å²) in [5.74, 6) is -1.84. The number of hydrogen-bond donors (Lipinski definition) is 2. The molecule has 2 heterocycles. The number of nitrogens with zero attached hydrogens (tertiary/aromatic N) is 2. The largest absolute Gasteiger partial charge is 0.493 e. The zero-order valence-electron chi connectivity index (χ0n) is 21.7. The van der Waals surface area contributed by atoms with Crippen LogP contribution in [0.4, 0.5) is 4.79 Å². The minimum atomic E-state index is -0.773. The Bertz CT molecular complexity index is 1250. The van der Waals surface area contributed by atoms with Gasteiger partial charge in [-0.3, -0.25) is 4.57 Å². The number of benzene rings is 1. The Hall–Kier alpha value is -4.21. The third kappa shape index (κ3) is 6.72. The predicted octanol–water partition coefficient (Wildman–Crippen LogP) is 4.41. The van der Waals surface area contributed by atoms with E-state index >= 15 is 0 Å². The zero-order valence-corrected chi connectivity index (χ0v) is 21.7. The van der Waals surface area contributed by atoms with Crippen LogP contribution < -0.4 is 5.32 Å². The van der Waals surface area contributed by atoms with Crippen LogP contribution in [0.15, 0.2) is 48.8 Å². The number of aromatic nitrogens is 2. The van der Waals surface area contributed by atoms with Crippen molar-refractivity contribution in [2.24, 2.45) is 0 Å². The van der Waals surface area contributed by atoms with E-state index in [4.69, 9.17) is 14.2 Å². The Kier molecular flexibility index (Phi) is 8.65. The van der Waals surface area contributed by atoms with E-state index in [1.54, 1.807) is 53.1 Å². The molecule has 0 aliphatic rings.